The maximum atomic E-state index is 6.91. The van der Waals surface area contributed by atoms with Crippen LogP contribution in [0.2, 0.25) is 0 Å². The molecule has 1 aliphatic heterocycles. The summed E-state index contributed by atoms with van der Waals surface area (Å²) in [5, 5.41) is 2.29. The number of nitrogens with zero attached hydrogens (tertiary/aromatic N) is 3. The molecule has 1 aliphatic carbocycles. The van der Waals surface area contributed by atoms with E-state index in [1.54, 1.807) is 0 Å². The predicted octanol–water partition coefficient (Wildman–Crippen LogP) is 12.1. The standard InChI is InChI=1S/C46H49N3O2/c1-43(2,3)33-23-32(42-48-45(7)20-12-13-21-46(45,8)51-42)24-36(27-33)50-37-28-34(44(4,5)6)26-35(29-37)49-40-19-18-31(30-15-10-9-11-16-30)25-39(40)38-17-14-22-47-41(38)49/h9-11,14-19,22-29H,12-13,20-21H2,1-8H3/t45-,46+/m1/s1. The van der Waals surface area contributed by atoms with Crippen molar-refractivity contribution in [3.8, 4) is 28.3 Å². The fraction of sp³-hybridized carbons (Fsp3) is 0.348. The van der Waals surface area contributed by atoms with Gasteiger partial charge in [-0.1, -0.05) is 84.4 Å². The Hall–Kier alpha value is -4.90. The predicted molar refractivity (Wildman–Crippen MR) is 211 cm³/mol. The minimum absolute atomic E-state index is 0.0977. The van der Waals surface area contributed by atoms with Crippen LogP contribution in [0.1, 0.15) is 97.8 Å². The van der Waals surface area contributed by atoms with Crippen LogP contribution in [0.5, 0.6) is 11.5 Å². The van der Waals surface area contributed by atoms with Crippen molar-refractivity contribution in [3.05, 3.63) is 120 Å². The van der Waals surface area contributed by atoms with Crippen LogP contribution in [-0.4, -0.2) is 26.6 Å². The lowest BCUT2D eigenvalue weighted by atomic mass is 9.72. The van der Waals surface area contributed by atoms with Crippen molar-refractivity contribution < 1.29 is 9.47 Å². The van der Waals surface area contributed by atoms with Gasteiger partial charge in [-0.15, -0.1) is 0 Å². The molecule has 0 saturated heterocycles. The second-order valence-electron chi connectivity index (χ2n) is 17.1. The molecule has 0 radical (unpaired) electrons. The maximum absolute atomic E-state index is 6.91. The highest BCUT2D eigenvalue weighted by molar-refractivity contribution is 6.09. The molecule has 2 aliphatic rings. The first kappa shape index (κ1) is 33.3. The van der Waals surface area contributed by atoms with Crippen molar-refractivity contribution in [1.82, 2.24) is 9.55 Å². The van der Waals surface area contributed by atoms with Gasteiger partial charge in [0.15, 0.2) is 0 Å². The molecule has 5 nitrogen and oxygen atoms in total. The molecule has 1 saturated carbocycles. The molecule has 51 heavy (non-hydrogen) atoms. The zero-order valence-electron chi connectivity index (χ0n) is 31.3. The highest BCUT2D eigenvalue weighted by Gasteiger charge is 2.53. The SMILES string of the molecule is CC(C)(C)c1cc(Oc2cc(-n3c4ccc(-c5ccccc5)cc4c4cccnc43)cc(C(C)(C)C)c2)cc(C2=N[C@]3(C)CCCC[C@]3(C)O2)c1. The first-order chi connectivity index (χ1) is 24.2. The average Bonchev–Trinajstić information content (AvgIpc) is 3.58. The third-order valence-electron chi connectivity index (χ3n) is 11.3. The second-order valence-corrected chi connectivity index (χ2v) is 17.1. The molecule has 0 unspecified atom stereocenters. The van der Waals surface area contributed by atoms with E-state index >= 15 is 0 Å². The molecule has 0 N–H and O–H groups in total. The maximum Gasteiger partial charge on any atom is 0.217 e. The molecule has 6 aromatic rings. The number of fused-ring (bicyclic) bond motifs is 4. The minimum Gasteiger partial charge on any atom is -0.469 e. The van der Waals surface area contributed by atoms with Crippen LogP contribution in [0.25, 0.3) is 38.8 Å². The Kier molecular flexibility index (Phi) is 7.72. The number of ether oxygens (including phenoxy) is 2. The Balaban J connectivity index is 1.26. The van der Waals surface area contributed by atoms with Crippen LogP contribution in [0.4, 0.5) is 0 Å². The summed E-state index contributed by atoms with van der Waals surface area (Å²) in [5.41, 5.74) is 8.05. The average molecular weight is 676 g/mol. The Bertz CT molecular complexity index is 2320. The molecule has 1 fully saturated rings. The van der Waals surface area contributed by atoms with E-state index < -0.39 is 0 Å². The van der Waals surface area contributed by atoms with Crippen LogP contribution < -0.4 is 4.74 Å². The first-order valence-corrected chi connectivity index (χ1v) is 18.4. The number of benzene rings is 4. The third-order valence-corrected chi connectivity index (χ3v) is 11.3. The van der Waals surface area contributed by atoms with Crippen LogP contribution in [0.15, 0.2) is 108 Å². The number of hydrogen-bond acceptors (Lipinski definition) is 4. The van der Waals surface area contributed by atoms with E-state index in [1.165, 1.54) is 40.5 Å². The molecular weight excluding hydrogens is 627 g/mol. The highest BCUT2D eigenvalue weighted by Crippen LogP contribution is 2.48. The lowest BCUT2D eigenvalue weighted by molar-refractivity contribution is 0.000923. The summed E-state index contributed by atoms with van der Waals surface area (Å²) in [7, 11) is 0. The largest absolute Gasteiger partial charge is 0.469 e. The minimum atomic E-state index is -0.284. The summed E-state index contributed by atoms with van der Waals surface area (Å²) < 4.78 is 15.9. The second kappa shape index (κ2) is 11.8. The van der Waals surface area contributed by atoms with Crippen molar-refractivity contribution in [2.75, 3.05) is 0 Å². The summed E-state index contributed by atoms with van der Waals surface area (Å²) in [6.45, 7) is 18.0. The molecule has 3 heterocycles. The summed E-state index contributed by atoms with van der Waals surface area (Å²) in [5.74, 6) is 2.29. The first-order valence-electron chi connectivity index (χ1n) is 18.4. The van der Waals surface area contributed by atoms with Gasteiger partial charge >= 0.3 is 0 Å². The van der Waals surface area contributed by atoms with Gasteiger partial charge in [-0.3, -0.25) is 4.57 Å². The molecule has 5 heteroatoms. The van der Waals surface area contributed by atoms with E-state index in [4.69, 9.17) is 19.5 Å². The number of aliphatic imine (C=N–C) groups is 1. The summed E-state index contributed by atoms with van der Waals surface area (Å²) in [6.07, 6.45) is 6.30. The molecule has 260 valence electrons. The summed E-state index contributed by atoms with van der Waals surface area (Å²) in [6, 6.07) is 34.6. The Morgan fingerprint density at radius 2 is 1.37 bits per heavy atom. The smallest absolute Gasteiger partial charge is 0.217 e. The van der Waals surface area contributed by atoms with Crippen LogP contribution in [0, 0.1) is 0 Å². The fourth-order valence-corrected chi connectivity index (χ4v) is 7.86. The van der Waals surface area contributed by atoms with Gasteiger partial charge in [0.2, 0.25) is 5.90 Å². The molecule has 4 aromatic carbocycles. The van der Waals surface area contributed by atoms with Gasteiger partial charge in [0, 0.05) is 28.6 Å². The zero-order chi connectivity index (χ0) is 35.8. The van der Waals surface area contributed by atoms with E-state index in [1.807, 2.05) is 12.3 Å². The lowest BCUT2D eigenvalue weighted by Gasteiger charge is -2.41. The molecule has 2 atom stereocenters. The summed E-state index contributed by atoms with van der Waals surface area (Å²) in [4.78, 5) is 10.2. The molecular formula is C46H49N3O2. The molecule has 8 rings (SSSR count). The van der Waals surface area contributed by atoms with Crippen molar-refractivity contribution in [3.63, 3.8) is 0 Å². The molecule has 0 amide bonds. The van der Waals surface area contributed by atoms with Crippen molar-refractivity contribution in [2.45, 2.75) is 103 Å². The van der Waals surface area contributed by atoms with Gasteiger partial charge in [0.25, 0.3) is 0 Å². The van der Waals surface area contributed by atoms with E-state index in [0.717, 1.165) is 58.0 Å². The van der Waals surface area contributed by atoms with Crippen LogP contribution in [0.3, 0.4) is 0 Å². The van der Waals surface area contributed by atoms with Crippen molar-refractivity contribution in [1.29, 1.82) is 0 Å². The van der Waals surface area contributed by atoms with E-state index in [2.05, 4.69) is 151 Å². The fourth-order valence-electron chi connectivity index (χ4n) is 7.86. The Labute approximate surface area is 302 Å². The number of aromatic nitrogens is 2. The van der Waals surface area contributed by atoms with Crippen LogP contribution in [-0.2, 0) is 15.6 Å². The van der Waals surface area contributed by atoms with Crippen molar-refractivity contribution >= 4 is 27.8 Å². The van der Waals surface area contributed by atoms with Gasteiger partial charge in [-0.25, -0.2) is 9.98 Å². The van der Waals surface area contributed by atoms with E-state index in [0.29, 0.717) is 0 Å². The normalized spacial score (nSPS) is 20.7. The van der Waals surface area contributed by atoms with Gasteiger partial charge in [0.05, 0.1) is 11.2 Å². The number of pyridine rings is 1. The molecule has 0 bridgehead atoms. The third kappa shape index (κ3) is 5.91. The monoisotopic (exact) mass is 675 g/mol. The van der Waals surface area contributed by atoms with Crippen LogP contribution >= 0.6 is 0 Å². The molecule has 0 spiro atoms. The lowest BCUT2D eigenvalue weighted by Crippen LogP contribution is -2.49. The summed E-state index contributed by atoms with van der Waals surface area (Å²) >= 11 is 0. The van der Waals surface area contributed by atoms with E-state index in [-0.39, 0.29) is 22.0 Å². The van der Waals surface area contributed by atoms with Gasteiger partial charge in [-0.2, -0.15) is 0 Å². The topological polar surface area (TPSA) is 48.6 Å². The molecule has 2 aromatic heterocycles. The number of rotatable bonds is 5. The van der Waals surface area contributed by atoms with Gasteiger partial charge in [0.1, 0.15) is 28.3 Å². The van der Waals surface area contributed by atoms with Gasteiger partial charge in [-0.05, 0) is 121 Å². The quantitative estimate of drug-likeness (QED) is 0.183. The highest BCUT2D eigenvalue weighted by atomic mass is 16.5. The Morgan fingerprint density at radius 3 is 2.10 bits per heavy atom. The van der Waals surface area contributed by atoms with Gasteiger partial charge < -0.3 is 9.47 Å². The van der Waals surface area contributed by atoms with Crippen molar-refractivity contribution in [2.24, 2.45) is 4.99 Å². The Morgan fingerprint density at radius 1 is 0.667 bits per heavy atom. The zero-order valence-corrected chi connectivity index (χ0v) is 31.3. The number of hydrogen-bond donors (Lipinski definition) is 0. The van der Waals surface area contributed by atoms with E-state index in [9.17, 15) is 0 Å².